The SMILES string of the molecule is NC1CCC(CCC(=O)N2CC3CCC(O)C3C2)CC1. The Morgan fingerprint density at radius 3 is 2.55 bits per heavy atom. The van der Waals surface area contributed by atoms with Gasteiger partial charge in [0.2, 0.25) is 5.91 Å². The van der Waals surface area contributed by atoms with Crippen molar-refractivity contribution in [1.29, 1.82) is 0 Å². The van der Waals surface area contributed by atoms with E-state index in [4.69, 9.17) is 5.73 Å². The highest BCUT2D eigenvalue weighted by molar-refractivity contribution is 5.76. The number of hydrogen-bond donors (Lipinski definition) is 2. The highest BCUT2D eigenvalue weighted by Gasteiger charge is 2.43. The topological polar surface area (TPSA) is 66.6 Å². The van der Waals surface area contributed by atoms with Gasteiger partial charge >= 0.3 is 0 Å². The second-order valence-electron chi connectivity index (χ2n) is 7.19. The van der Waals surface area contributed by atoms with Crippen LogP contribution < -0.4 is 5.73 Å². The van der Waals surface area contributed by atoms with Gasteiger partial charge in [-0.2, -0.15) is 0 Å². The van der Waals surface area contributed by atoms with Gasteiger partial charge in [0, 0.05) is 31.5 Å². The fourth-order valence-corrected chi connectivity index (χ4v) is 4.40. The molecule has 1 amide bonds. The predicted molar refractivity (Wildman–Crippen MR) is 78.0 cm³/mol. The van der Waals surface area contributed by atoms with Crippen molar-refractivity contribution in [3.05, 3.63) is 0 Å². The smallest absolute Gasteiger partial charge is 0.222 e. The molecule has 0 aromatic carbocycles. The second kappa shape index (κ2) is 6.02. The van der Waals surface area contributed by atoms with Gasteiger partial charge in [0.1, 0.15) is 0 Å². The Hall–Kier alpha value is -0.610. The quantitative estimate of drug-likeness (QED) is 0.823. The Morgan fingerprint density at radius 1 is 1.10 bits per heavy atom. The minimum atomic E-state index is -0.169. The van der Waals surface area contributed by atoms with Crippen LogP contribution in [0, 0.1) is 17.8 Å². The third-order valence-electron chi connectivity index (χ3n) is 5.83. The molecule has 0 aromatic rings. The summed E-state index contributed by atoms with van der Waals surface area (Å²) in [5, 5.41) is 9.91. The fraction of sp³-hybridized carbons (Fsp3) is 0.938. The molecule has 20 heavy (non-hydrogen) atoms. The first-order valence-electron chi connectivity index (χ1n) is 8.35. The molecule has 3 unspecified atom stereocenters. The zero-order valence-corrected chi connectivity index (χ0v) is 12.3. The van der Waals surface area contributed by atoms with E-state index in [-0.39, 0.29) is 6.10 Å². The zero-order chi connectivity index (χ0) is 14.1. The monoisotopic (exact) mass is 280 g/mol. The number of carbonyl (C=O) groups excluding carboxylic acids is 1. The zero-order valence-electron chi connectivity index (χ0n) is 12.3. The van der Waals surface area contributed by atoms with E-state index in [1.165, 1.54) is 12.8 Å². The molecule has 3 fully saturated rings. The Kier molecular flexibility index (Phi) is 4.32. The van der Waals surface area contributed by atoms with Crippen LogP contribution in [0.25, 0.3) is 0 Å². The van der Waals surface area contributed by atoms with Crippen LogP contribution >= 0.6 is 0 Å². The first kappa shape index (κ1) is 14.3. The molecule has 3 atom stereocenters. The van der Waals surface area contributed by atoms with Gasteiger partial charge in [-0.05, 0) is 56.8 Å². The molecule has 3 N–H and O–H groups in total. The molecule has 4 nitrogen and oxygen atoms in total. The number of carbonyl (C=O) groups is 1. The van der Waals surface area contributed by atoms with Crippen LogP contribution in [0.15, 0.2) is 0 Å². The molecule has 4 heteroatoms. The van der Waals surface area contributed by atoms with Gasteiger partial charge in [0.25, 0.3) is 0 Å². The molecule has 114 valence electrons. The fourth-order valence-electron chi connectivity index (χ4n) is 4.40. The van der Waals surface area contributed by atoms with Crippen molar-refractivity contribution in [3.8, 4) is 0 Å². The van der Waals surface area contributed by atoms with Crippen molar-refractivity contribution in [2.45, 2.75) is 63.5 Å². The largest absolute Gasteiger partial charge is 0.393 e. The van der Waals surface area contributed by atoms with E-state index in [9.17, 15) is 9.90 Å². The maximum atomic E-state index is 12.3. The lowest BCUT2D eigenvalue weighted by atomic mass is 9.84. The van der Waals surface area contributed by atoms with Crippen molar-refractivity contribution in [1.82, 2.24) is 4.90 Å². The average Bonchev–Trinajstić information content (AvgIpc) is 3.01. The molecule has 0 spiro atoms. The maximum Gasteiger partial charge on any atom is 0.222 e. The van der Waals surface area contributed by atoms with Gasteiger partial charge in [-0.3, -0.25) is 4.79 Å². The first-order chi connectivity index (χ1) is 9.63. The number of aliphatic hydroxyl groups is 1. The van der Waals surface area contributed by atoms with E-state index in [0.717, 1.165) is 45.2 Å². The highest BCUT2D eigenvalue weighted by atomic mass is 16.3. The minimum absolute atomic E-state index is 0.169. The number of nitrogens with zero attached hydrogens (tertiary/aromatic N) is 1. The molecular formula is C16H28N2O2. The lowest BCUT2D eigenvalue weighted by molar-refractivity contribution is -0.131. The maximum absolute atomic E-state index is 12.3. The van der Waals surface area contributed by atoms with Gasteiger partial charge in [0.05, 0.1) is 6.10 Å². The minimum Gasteiger partial charge on any atom is -0.393 e. The van der Waals surface area contributed by atoms with E-state index in [1.54, 1.807) is 0 Å². The molecule has 2 saturated carbocycles. The molecule has 1 aliphatic heterocycles. The van der Waals surface area contributed by atoms with Crippen LogP contribution in [0.3, 0.4) is 0 Å². The average molecular weight is 280 g/mol. The second-order valence-corrected chi connectivity index (χ2v) is 7.19. The van der Waals surface area contributed by atoms with Gasteiger partial charge in [0.15, 0.2) is 0 Å². The van der Waals surface area contributed by atoms with Crippen molar-refractivity contribution >= 4 is 5.91 Å². The number of nitrogens with two attached hydrogens (primary N) is 1. The Bertz CT molecular complexity index is 352. The molecule has 0 aromatic heterocycles. The van der Waals surface area contributed by atoms with Crippen LogP contribution in [-0.2, 0) is 4.79 Å². The number of rotatable bonds is 3. The molecule has 3 aliphatic rings. The van der Waals surface area contributed by atoms with E-state index < -0.39 is 0 Å². The van der Waals surface area contributed by atoms with Gasteiger partial charge in [-0.25, -0.2) is 0 Å². The number of fused-ring (bicyclic) bond motifs is 1. The van der Waals surface area contributed by atoms with Gasteiger partial charge in [-0.15, -0.1) is 0 Å². The lowest BCUT2D eigenvalue weighted by Gasteiger charge is -2.26. The Morgan fingerprint density at radius 2 is 1.85 bits per heavy atom. The number of amides is 1. The number of likely N-dealkylation sites (tertiary alicyclic amines) is 1. The molecule has 1 saturated heterocycles. The molecule has 0 radical (unpaired) electrons. The van der Waals surface area contributed by atoms with Crippen LogP contribution in [-0.4, -0.2) is 41.1 Å². The van der Waals surface area contributed by atoms with Gasteiger partial charge in [-0.1, -0.05) is 0 Å². The first-order valence-corrected chi connectivity index (χ1v) is 8.35. The normalized spacial score (nSPS) is 40.9. The summed E-state index contributed by atoms with van der Waals surface area (Å²) in [5.74, 6) is 1.92. The summed E-state index contributed by atoms with van der Waals surface area (Å²) in [6.07, 6.45) is 8.21. The Balaban J connectivity index is 1.42. The summed E-state index contributed by atoms with van der Waals surface area (Å²) in [6.45, 7) is 1.68. The molecular weight excluding hydrogens is 252 g/mol. The molecule has 1 heterocycles. The van der Waals surface area contributed by atoms with Crippen LogP contribution in [0.2, 0.25) is 0 Å². The third kappa shape index (κ3) is 3.01. The standard InChI is InChI=1S/C16H28N2O2/c17-13-5-1-11(2-6-13)3-8-16(20)18-9-12-4-7-15(19)14(12)10-18/h11-15,19H,1-10,17H2. The molecule has 0 bridgehead atoms. The summed E-state index contributed by atoms with van der Waals surface area (Å²) < 4.78 is 0. The van der Waals surface area contributed by atoms with E-state index >= 15 is 0 Å². The van der Waals surface area contributed by atoms with Crippen molar-refractivity contribution in [2.24, 2.45) is 23.5 Å². The number of aliphatic hydroxyl groups excluding tert-OH is 1. The van der Waals surface area contributed by atoms with Crippen LogP contribution in [0.1, 0.15) is 51.4 Å². The summed E-state index contributed by atoms with van der Waals surface area (Å²) in [5.41, 5.74) is 5.92. The van der Waals surface area contributed by atoms with E-state index in [2.05, 4.69) is 0 Å². The highest BCUT2D eigenvalue weighted by Crippen LogP contribution is 2.38. The Labute approximate surface area is 121 Å². The summed E-state index contributed by atoms with van der Waals surface area (Å²) in [7, 11) is 0. The van der Waals surface area contributed by atoms with Crippen LogP contribution in [0.4, 0.5) is 0 Å². The lowest BCUT2D eigenvalue weighted by Crippen LogP contribution is -2.32. The number of hydrogen-bond acceptors (Lipinski definition) is 3. The molecule has 3 rings (SSSR count). The van der Waals surface area contributed by atoms with Crippen LogP contribution in [0.5, 0.6) is 0 Å². The third-order valence-corrected chi connectivity index (χ3v) is 5.83. The summed E-state index contributed by atoms with van der Waals surface area (Å²) in [4.78, 5) is 14.3. The predicted octanol–water partition coefficient (Wildman–Crippen LogP) is 1.51. The van der Waals surface area contributed by atoms with Crippen molar-refractivity contribution in [3.63, 3.8) is 0 Å². The van der Waals surface area contributed by atoms with Crippen molar-refractivity contribution in [2.75, 3.05) is 13.1 Å². The molecule has 2 aliphatic carbocycles. The van der Waals surface area contributed by atoms with E-state index in [1.807, 2.05) is 4.90 Å². The van der Waals surface area contributed by atoms with Gasteiger partial charge < -0.3 is 15.7 Å². The summed E-state index contributed by atoms with van der Waals surface area (Å²) in [6, 6.07) is 0.390. The summed E-state index contributed by atoms with van der Waals surface area (Å²) >= 11 is 0. The van der Waals surface area contributed by atoms with Crippen molar-refractivity contribution < 1.29 is 9.90 Å². The van der Waals surface area contributed by atoms with E-state index in [0.29, 0.717) is 36.1 Å².